The highest BCUT2D eigenvalue weighted by Crippen LogP contribution is 2.38. The molecule has 5 heteroatoms. The molecule has 2 aromatic rings. The van der Waals surface area contributed by atoms with E-state index >= 15 is 0 Å². The van der Waals surface area contributed by atoms with E-state index in [2.05, 4.69) is 20.8 Å². The SMILES string of the molecule is O=C1c2ccccc2C(=O)N1c1ccc(Br)cc1N1CCCC1. The van der Waals surface area contributed by atoms with E-state index in [9.17, 15) is 9.59 Å². The minimum Gasteiger partial charge on any atom is -0.370 e. The lowest BCUT2D eigenvalue weighted by Gasteiger charge is -2.25. The molecule has 1 saturated heterocycles. The van der Waals surface area contributed by atoms with Gasteiger partial charge in [0.1, 0.15) is 0 Å². The van der Waals surface area contributed by atoms with Crippen LogP contribution in [0.3, 0.4) is 0 Å². The quantitative estimate of drug-likeness (QED) is 0.753. The average molecular weight is 371 g/mol. The van der Waals surface area contributed by atoms with Crippen molar-refractivity contribution in [3.05, 3.63) is 58.1 Å². The summed E-state index contributed by atoms with van der Waals surface area (Å²) in [5, 5.41) is 0. The number of fused-ring (bicyclic) bond motifs is 1. The molecule has 0 bridgehead atoms. The van der Waals surface area contributed by atoms with Crippen molar-refractivity contribution in [3.8, 4) is 0 Å². The van der Waals surface area contributed by atoms with Crippen LogP contribution in [0.15, 0.2) is 46.9 Å². The van der Waals surface area contributed by atoms with Gasteiger partial charge in [-0.15, -0.1) is 0 Å². The number of hydrogen-bond donors (Lipinski definition) is 0. The lowest BCUT2D eigenvalue weighted by Crippen LogP contribution is -2.31. The Kier molecular flexibility index (Phi) is 3.45. The number of nitrogens with zero attached hydrogens (tertiary/aromatic N) is 2. The van der Waals surface area contributed by atoms with Gasteiger partial charge in [-0.05, 0) is 43.2 Å². The highest BCUT2D eigenvalue weighted by atomic mass is 79.9. The Morgan fingerprint density at radius 2 is 1.43 bits per heavy atom. The number of anilines is 2. The summed E-state index contributed by atoms with van der Waals surface area (Å²) in [6, 6.07) is 12.7. The van der Waals surface area contributed by atoms with Gasteiger partial charge in [-0.2, -0.15) is 0 Å². The predicted octanol–water partition coefficient (Wildman–Crippen LogP) is 3.85. The largest absolute Gasteiger partial charge is 0.370 e. The zero-order chi connectivity index (χ0) is 16.0. The number of imide groups is 1. The van der Waals surface area contributed by atoms with Crippen LogP contribution in [-0.4, -0.2) is 24.9 Å². The molecule has 2 heterocycles. The van der Waals surface area contributed by atoms with E-state index in [1.54, 1.807) is 24.3 Å². The summed E-state index contributed by atoms with van der Waals surface area (Å²) in [7, 11) is 0. The molecule has 0 unspecified atom stereocenters. The Morgan fingerprint density at radius 1 is 0.826 bits per heavy atom. The molecule has 0 radical (unpaired) electrons. The normalized spacial score (nSPS) is 17.1. The van der Waals surface area contributed by atoms with E-state index in [-0.39, 0.29) is 11.8 Å². The number of benzene rings is 2. The molecule has 4 nitrogen and oxygen atoms in total. The molecule has 2 aliphatic heterocycles. The van der Waals surface area contributed by atoms with Crippen LogP contribution in [0.1, 0.15) is 33.6 Å². The van der Waals surface area contributed by atoms with Crippen LogP contribution >= 0.6 is 15.9 Å². The number of hydrogen-bond acceptors (Lipinski definition) is 3. The average Bonchev–Trinajstić information content (AvgIpc) is 3.17. The molecule has 0 spiro atoms. The second-order valence-electron chi connectivity index (χ2n) is 5.82. The van der Waals surface area contributed by atoms with Gasteiger partial charge in [0.05, 0.1) is 22.5 Å². The summed E-state index contributed by atoms with van der Waals surface area (Å²) in [6.45, 7) is 1.90. The molecule has 0 atom stereocenters. The minimum absolute atomic E-state index is 0.242. The molecular weight excluding hydrogens is 356 g/mol. The van der Waals surface area contributed by atoms with Crippen LogP contribution in [0.25, 0.3) is 0 Å². The predicted molar refractivity (Wildman–Crippen MR) is 93.2 cm³/mol. The zero-order valence-corrected chi connectivity index (χ0v) is 14.0. The molecule has 0 aliphatic carbocycles. The topological polar surface area (TPSA) is 40.6 Å². The zero-order valence-electron chi connectivity index (χ0n) is 12.5. The van der Waals surface area contributed by atoms with Crippen LogP contribution in [0.4, 0.5) is 11.4 Å². The van der Waals surface area contributed by atoms with Crippen molar-refractivity contribution in [3.63, 3.8) is 0 Å². The van der Waals surface area contributed by atoms with Crippen molar-refractivity contribution >= 4 is 39.1 Å². The van der Waals surface area contributed by atoms with E-state index in [0.717, 1.165) is 36.1 Å². The maximum atomic E-state index is 12.7. The van der Waals surface area contributed by atoms with Crippen LogP contribution in [-0.2, 0) is 0 Å². The second-order valence-corrected chi connectivity index (χ2v) is 6.73. The van der Waals surface area contributed by atoms with Crippen molar-refractivity contribution in [1.29, 1.82) is 0 Å². The minimum atomic E-state index is -0.242. The van der Waals surface area contributed by atoms with Gasteiger partial charge in [0.2, 0.25) is 0 Å². The fourth-order valence-corrected chi connectivity index (χ4v) is 3.65. The molecule has 2 aliphatic rings. The van der Waals surface area contributed by atoms with Crippen molar-refractivity contribution < 1.29 is 9.59 Å². The number of rotatable bonds is 2. The third-order valence-corrected chi connectivity index (χ3v) is 4.91. The lowest BCUT2D eigenvalue weighted by atomic mass is 10.1. The lowest BCUT2D eigenvalue weighted by molar-refractivity contribution is 0.0926. The first kappa shape index (κ1) is 14.5. The van der Waals surface area contributed by atoms with Crippen molar-refractivity contribution in [1.82, 2.24) is 0 Å². The van der Waals surface area contributed by atoms with Gasteiger partial charge in [-0.3, -0.25) is 9.59 Å². The van der Waals surface area contributed by atoms with Crippen molar-refractivity contribution in [2.24, 2.45) is 0 Å². The summed E-state index contributed by atoms with van der Waals surface area (Å²) >= 11 is 3.50. The molecule has 1 fully saturated rings. The van der Waals surface area contributed by atoms with Crippen LogP contribution in [0.2, 0.25) is 0 Å². The highest BCUT2D eigenvalue weighted by Gasteiger charge is 2.38. The molecule has 0 saturated carbocycles. The number of amides is 2. The first-order chi connectivity index (χ1) is 11.2. The van der Waals surface area contributed by atoms with Crippen LogP contribution in [0.5, 0.6) is 0 Å². The summed E-state index contributed by atoms with van der Waals surface area (Å²) in [6.07, 6.45) is 2.27. The molecule has 0 N–H and O–H groups in total. The van der Waals surface area contributed by atoms with E-state index in [4.69, 9.17) is 0 Å². The second kappa shape index (κ2) is 5.49. The number of halogens is 1. The Morgan fingerprint density at radius 3 is 2.04 bits per heavy atom. The fraction of sp³-hybridized carbons (Fsp3) is 0.222. The highest BCUT2D eigenvalue weighted by molar-refractivity contribution is 9.10. The van der Waals surface area contributed by atoms with Crippen molar-refractivity contribution in [2.75, 3.05) is 22.9 Å². The first-order valence-corrected chi connectivity index (χ1v) is 8.48. The fourth-order valence-electron chi connectivity index (χ4n) is 3.31. The molecular formula is C18H15BrN2O2. The molecule has 2 aromatic carbocycles. The van der Waals surface area contributed by atoms with Gasteiger partial charge in [0.25, 0.3) is 11.8 Å². The Hall–Kier alpha value is -2.14. The third-order valence-electron chi connectivity index (χ3n) is 4.42. The van der Waals surface area contributed by atoms with Gasteiger partial charge in [-0.1, -0.05) is 28.1 Å². The molecule has 0 aromatic heterocycles. The van der Waals surface area contributed by atoms with Gasteiger partial charge < -0.3 is 4.90 Å². The Bertz CT molecular complexity index is 777. The molecule has 23 heavy (non-hydrogen) atoms. The summed E-state index contributed by atoms with van der Waals surface area (Å²) < 4.78 is 0.944. The molecule has 116 valence electrons. The summed E-state index contributed by atoms with van der Waals surface area (Å²) in [4.78, 5) is 29.0. The van der Waals surface area contributed by atoms with Gasteiger partial charge in [0.15, 0.2) is 0 Å². The van der Waals surface area contributed by atoms with Crippen LogP contribution < -0.4 is 9.80 Å². The first-order valence-electron chi connectivity index (χ1n) is 7.69. The standard InChI is InChI=1S/C18H15BrN2O2/c19-12-7-8-15(16(11-12)20-9-3-4-10-20)21-17(22)13-5-1-2-6-14(13)18(21)23/h1-2,5-8,11H,3-4,9-10H2. The Balaban J connectivity index is 1.83. The smallest absolute Gasteiger partial charge is 0.266 e. The maximum Gasteiger partial charge on any atom is 0.266 e. The number of carbonyl (C=O) groups excluding carboxylic acids is 2. The van der Waals surface area contributed by atoms with Crippen molar-refractivity contribution in [2.45, 2.75) is 12.8 Å². The van der Waals surface area contributed by atoms with Gasteiger partial charge >= 0.3 is 0 Å². The van der Waals surface area contributed by atoms with E-state index in [1.165, 1.54) is 4.90 Å². The molecule has 4 rings (SSSR count). The third kappa shape index (κ3) is 2.27. The Labute approximate surface area is 142 Å². The van der Waals surface area contributed by atoms with E-state index in [0.29, 0.717) is 16.8 Å². The van der Waals surface area contributed by atoms with E-state index in [1.807, 2.05) is 18.2 Å². The molecule has 2 amide bonds. The maximum absolute atomic E-state index is 12.7. The monoisotopic (exact) mass is 370 g/mol. The van der Waals surface area contributed by atoms with E-state index < -0.39 is 0 Å². The number of carbonyl (C=O) groups is 2. The van der Waals surface area contributed by atoms with Gasteiger partial charge in [-0.25, -0.2) is 4.90 Å². The summed E-state index contributed by atoms with van der Waals surface area (Å²) in [5.74, 6) is -0.485. The summed E-state index contributed by atoms with van der Waals surface area (Å²) in [5.41, 5.74) is 2.56. The van der Waals surface area contributed by atoms with Gasteiger partial charge in [0, 0.05) is 17.6 Å². The van der Waals surface area contributed by atoms with Crippen LogP contribution in [0, 0.1) is 0 Å².